The first-order chi connectivity index (χ1) is 6.67. The molecule has 72 valence electrons. The van der Waals surface area contributed by atoms with Crippen molar-refractivity contribution in [2.45, 2.75) is 0 Å². The molecule has 0 saturated heterocycles. The molecule has 0 aliphatic heterocycles. The van der Waals surface area contributed by atoms with Gasteiger partial charge in [0.2, 0.25) is 0 Å². The summed E-state index contributed by atoms with van der Waals surface area (Å²) in [5.74, 6) is 0. The molecule has 0 heterocycles. The van der Waals surface area contributed by atoms with Gasteiger partial charge in [0.25, 0.3) is 0 Å². The van der Waals surface area contributed by atoms with Gasteiger partial charge >= 0.3 is 6.03 Å². The zero-order chi connectivity index (χ0) is 10.6. The molecular weight excluding hydrogens is 202 g/mol. The summed E-state index contributed by atoms with van der Waals surface area (Å²) < 4.78 is 0. The number of benzene rings is 1. The van der Waals surface area contributed by atoms with Crippen LogP contribution in [0.15, 0.2) is 18.2 Å². The van der Waals surface area contributed by atoms with Gasteiger partial charge < -0.3 is 10.6 Å². The molecule has 0 radical (unpaired) electrons. The van der Waals surface area contributed by atoms with Crippen LogP contribution in [0.4, 0.5) is 10.5 Å². The summed E-state index contributed by atoms with van der Waals surface area (Å²) >= 11 is 5.76. The van der Waals surface area contributed by atoms with Crippen molar-refractivity contribution >= 4 is 23.3 Å². The van der Waals surface area contributed by atoms with E-state index in [4.69, 9.17) is 16.9 Å². The number of anilines is 1. The minimum absolute atomic E-state index is 0.321. The van der Waals surface area contributed by atoms with Crippen LogP contribution in [0.1, 0.15) is 5.56 Å². The molecule has 0 aliphatic rings. The summed E-state index contributed by atoms with van der Waals surface area (Å²) in [6.45, 7) is 0. The molecule has 14 heavy (non-hydrogen) atoms. The SMILES string of the molecule is CNC(=O)Nc1ccc(C#N)c(Cl)c1. The summed E-state index contributed by atoms with van der Waals surface area (Å²) in [7, 11) is 1.51. The van der Waals surface area contributed by atoms with Crippen LogP contribution in [-0.2, 0) is 0 Å². The Labute approximate surface area is 86.5 Å². The second-order valence-corrected chi connectivity index (χ2v) is 2.92. The van der Waals surface area contributed by atoms with Crippen LogP contribution in [0.2, 0.25) is 5.02 Å². The predicted molar refractivity (Wildman–Crippen MR) is 54.2 cm³/mol. The van der Waals surface area contributed by atoms with Crippen LogP contribution in [0.25, 0.3) is 0 Å². The Bertz CT molecular complexity index is 398. The lowest BCUT2D eigenvalue weighted by atomic mass is 10.2. The van der Waals surface area contributed by atoms with Gasteiger partial charge in [-0.25, -0.2) is 4.79 Å². The monoisotopic (exact) mass is 209 g/mol. The molecule has 0 bridgehead atoms. The van der Waals surface area contributed by atoms with E-state index in [1.807, 2.05) is 6.07 Å². The van der Waals surface area contributed by atoms with Crippen LogP contribution in [0.3, 0.4) is 0 Å². The van der Waals surface area contributed by atoms with Crippen LogP contribution in [0, 0.1) is 11.3 Å². The Morgan fingerprint density at radius 2 is 2.29 bits per heavy atom. The van der Waals surface area contributed by atoms with Crippen LogP contribution >= 0.6 is 11.6 Å². The molecule has 2 N–H and O–H groups in total. The lowest BCUT2D eigenvalue weighted by molar-refractivity contribution is 0.254. The first-order valence-corrected chi connectivity index (χ1v) is 4.23. The van der Waals surface area contributed by atoms with E-state index in [9.17, 15) is 4.79 Å². The van der Waals surface area contributed by atoms with Crippen LogP contribution < -0.4 is 10.6 Å². The van der Waals surface area contributed by atoms with Crippen molar-refractivity contribution in [3.8, 4) is 6.07 Å². The predicted octanol–water partition coefficient (Wildman–Crippen LogP) is 1.96. The lowest BCUT2D eigenvalue weighted by Gasteiger charge is -2.04. The van der Waals surface area contributed by atoms with E-state index in [1.165, 1.54) is 13.1 Å². The first-order valence-electron chi connectivity index (χ1n) is 3.85. The minimum atomic E-state index is -0.328. The summed E-state index contributed by atoms with van der Waals surface area (Å²) in [5, 5.41) is 13.9. The summed E-state index contributed by atoms with van der Waals surface area (Å²) in [6, 6.07) is 6.28. The van der Waals surface area contributed by atoms with Gasteiger partial charge in [-0.15, -0.1) is 0 Å². The highest BCUT2D eigenvalue weighted by Gasteiger charge is 2.02. The number of nitrogens with zero attached hydrogens (tertiary/aromatic N) is 1. The van der Waals surface area contributed by atoms with E-state index in [2.05, 4.69) is 10.6 Å². The number of carbonyl (C=O) groups is 1. The summed E-state index contributed by atoms with van der Waals surface area (Å²) in [5.41, 5.74) is 0.933. The molecule has 1 aromatic rings. The van der Waals surface area contributed by atoms with Gasteiger partial charge in [0.15, 0.2) is 0 Å². The summed E-state index contributed by atoms with van der Waals surface area (Å²) in [4.78, 5) is 10.9. The Morgan fingerprint density at radius 3 is 2.79 bits per heavy atom. The topological polar surface area (TPSA) is 64.9 Å². The number of hydrogen-bond acceptors (Lipinski definition) is 2. The van der Waals surface area contributed by atoms with Crippen molar-refractivity contribution in [2.24, 2.45) is 0 Å². The number of urea groups is 1. The van der Waals surface area contributed by atoms with E-state index in [-0.39, 0.29) is 6.03 Å². The van der Waals surface area contributed by atoms with Crippen molar-refractivity contribution in [1.29, 1.82) is 5.26 Å². The Hall–Kier alpha value is -1.73. The van der Waals surface area contributed by atoms with E-state index < -0.39 is 0 Å². The van der Waals surface area contributed by atoms with Gasteiger partial charge in [-0.1, -0.05) is 11.6 Å². The zero-order valence-corrected chi connectivity index (χ0v) is 8.22. The molecule has 0 spiro atoms. The molecule has 0 aromatic heterocycles. The highest BCUT2D eigenvalue weighted by molar-refractivity contribution is 6.32. The highest BCUT2D eigenvalue weighted by atomic mass is 35.5. The Morgan fingerprint density at radius 1 is 1.57 bits per heavy atom. The van der Waals surface area contributed by atoms with Crippen molar-refractivity contribution in [1.82, 2.24) is 5.32 Å². The second kappa shape index (κ2) is 4.49. The molecule has 4 nitrogen and oxygen atoms in total. The third-order valence-electron chi connectivity index (χ3n) is 1.57. The zero-order valence-electron chi connectivity index (χ0n) is 7.47. The molecule has 5 heteroatoms. The maximum atomic E-state index is 10.9. The molecule has 2 amide bonds. The number of rotatable bonds is 1. The van der Waals surface area contributed by atoms with Crippen molar-refractivity contribution in [3.05, 3.63) is 28.8 Å². The lowest BCUT2D eigenvalue weighted by Crippen LogP contribution is -2.24. The van der Waals surface area contributed by atoms with Crippen LogP contribution in [0.5, 0.6) is 0 Å². The largest absolute Gasteiger partial charge is 0.341 e. The number of nitriles is 1. The molecule has 0 fully saturated rings. The van der Waals surface area contributed by atoms with Gasteiger partial charge in [-0.2, -0.15) is 5.26 Å². The van der Waals surface area contributed by atoms with Crippen LogP contribution in [-0.4, -0.2) is 13.1 Å². The fraction of sp³-hybridized carbons (Fsp3) is 0.111. The third-order valence-corrected chi connectivity index (χ3v) is 1.89. The smallest absolute Gasteiger partial charge is 0.318 e. The standard InChI is InChI=1S/C9H8ClN3O/c1-12-9(14)13-7-3-2-6(5-11)8(10)4-7/h2-4H,1H3,(H2,12,13,14). The summed E-state index contributed by atoms with van der Waals surface area (Å²) in [6.07, 6.45) is 0. The van der Waals surface area contributed by atoms with E-state index in [1.54, 1.807) is 12.1 Å². The van der Waals surface area contributed by atoms with Gasteiger partial charge in [0.05, 0.1) is 10.6 Å². The Balaban J connectivity index is 2.88. The average Bonchev–Trinajstić information content (AvgIpc) is 2.18. The molecular formula is C9H8ClN3O. The molecule has 1 rings (SSSR count). The van der Waals surface area contributed by atoms with Gasteiger partial charge in [-0.3, -0.25) is 0 Å². The second-order valence-electron chi connectivity index (χ2n) is 2.51. The van der Waals surface area contributed by atoms with Crippen molar-refractivity contribution in [2.75, 3.05) is 12.4 Å². The molecule has 0 unspecified atom stereocenters. The molecule has 0 atom stereocenters. The average molecular weight is 210 g/mol. The van der Waals surface area contributed by atoms with E-state index in [0.717, 1.165) is 0 Å². The Kier molecular flexibility index (Phi) is 3.32. The molecule has 0 saturated carbocycles. The number of amides is 2. The maximum Gasteiger partial charge on any atom is 0.318 e. The van der Waals surface area contributed by atoms with E-state index in [0.29, 0.717) is 16.3 Å². The minimum Gasteiger partial charge on any atom is -0.341 e. The van der Waals surface area contributed by atoms with Gasteiger partial charge in [-0.05, 0) is 18.2 Å². The highest BCUT2D eigenvalue weighted by Crippen LogP contribution is 2.19. The molecule has 0 aliphatic carbocycles. The molecule has 1 aromatic carbocycles. The number of carbonyl (C=O) groups excluding carboxylic acids is 1. The maximum absolute atomic E-state index is 10.9. The van der Waals surface area contributed by atoms with Gasteiger partial charge in [0.1, 0.15) is 6.07 Å². The number of halogens is 1. The quantitative estimate of drug-likeness (QED) is 0.743. The van der Waals surface area contributed by atoms with E-state index >= 15 is 0 Å². The number of nitrogens with one attached hydrogen (secondary N) is 2. The third kappa shape index (κ3) is 2.38. The first kappa shape index (κ1) is 10.4. The fourth-order valence-corrected chi connectivity index (χ4v) is 1.10. The van der Waals surface area contributed by atoms with Crippen molar-refractivity contribution in [3.63, 3.8) is 0 Å². The fourth-order valence-electron chi connectivity index (χ4n) is 0.877. The van der Waals surface area contributed by atoms with Crippen molar-refractivity contribution < 1.29 is 4.79 Å². The normalized spacial score (nSPS) is 8.93. The van der Waals surface area contributed by atoms with Gasteiger partial charge in [0, 0.05) is 12.7 Å². The number of hydrogen-bond donors (Lipinski definition) is 2.